The minimum atomic E-state index is -0.991. The molecule has 1 aliphatic rings. The van der Waals surface area contributed by atoms with Crippen LogP contribution in [0.3, 0.4) is 0 Å². The summed E-state index contributed by atoms with van der Waals surface area (Å²) >= 11 is 0. The van der Waals surface area contributed by atoms with E-state index in [9.17, 15) is 4.79 Å². The Balaban J connectivity index is 2.19. The summed E-state index contributed by atoms with van der Waals surface area (Å²) in [6.45, 7) is 2.00. The fraction of sp³-hybridized carbons (Fsp3) is 0.364. The predicted molar refractivity (Wildman–Crippen MR) is 63.7 cm³/mol. The lowest BCUT2D eigenvalue weighted by Gasteiger charge is -2.09. The molecule has 1 heterocycles. The summed E-state index contributed by atoms with van der Waals surface area (Å²) in [4.78, 5) is 10.4. The van der Waals surface area contributed by atoms with Crippen molar-refractivity contribution in [2.45, 2.75) is 12.9 Å². The molecule has 1 aromatic rings. The van der Waals surface area contributed by atoms with E-state index < -0.39 is 5.97 Å². The molecule has 0 spiro atoms. The Hall–Kier alpha value is -1.53. The van der Waals surface area contributed by atoms with E-state index in [0.29, 0.717) is 12.3 Å². The average Bonchev–Trinajstić information content (AvgIpc) is 2.63. The molecule has 5 nitrogen and oxygen atoms in total. The van der Waals surface area contributed by atoms with Gasteiger partial charge in [0.15, 0.2) is 6.61 Å². The molecule has 0 saturated carbocycles. The fourth-order valence-corrected chi connectivity index (χ4v) is 2.01. The molecule has 0 unspecified atom stereocenters. The van der Waals surface area contributed by atoms with Crippen molar-refractivity contribution in [2.75, 3.05) is 13.2 Å². The fourth-order valence-electron chi connectivity index (χ4n) is 2.01. The van der Waals surface area contributed by atoms with Crippen molar-refractivity contribution in [3.63, 3.8) is 0 Å². The van der Waals surface area contributed by atoms with Gasteiger partial charge in [-0.15, -0.1) is 0 Å². The quantitative estimate of drug-likeness (QED) is 0.718. The molecule has 2 rings (SSSR count). The maximum atomic E-state index is 10.4. The van der Waals surface area contributed by atoms with Crippen LogP contribution in [0.5, 0.6) is 5.75 Å². The van der Waals surface area contributed by atoms with Gasteiger partial charge in [0.2, 0.25) is 0 Å². The molecule has 1 aliphatic heterocycles. The third-order valence-corrected chi connectivity index (χ3v) is 2.79. The predicted octanol–water partition coefficient (Wildman–Crippen LogP) is 0.00830. The van der Waals surface area contributed by atoms with Crippen molar-refractivity contribution in [2.24, 2.45) is 5.73 Å². The zero-order valence-corrected chi connectivity index (χ0v) is 9.55. The Bertz CT molecular complexity index is 437. The van der Waals surface area contributed by atoms with Crippen LogP contribution >= 0.6 is 0 Å². The smallest absolute Gasteiger partial charge is 0.341 e. The second kappa shape index (κ2) is 4.77. The van der Waals surface area contributed by atoms with Crippen molar-refractivity contribution >= 4 is 18.3 Å². The normalized spacial score (nSPS) is 18.0. The Morgan fingerprint density at radius 1 is 1.65 bits per heavy atom. The average molecular weight is 235 g/mol. The summed E-state index contributed by atoms with van der Waals surface area (Å²) in [6.07, 6.45) is -0.0754. The van der Waals surface area contributed by atoms with Crippen molar-refractivity contribution in [1.82, 2.24) is 0 Å². The first kappa shape index (κ1) is 11.9. The molecule has 0 bridgehead atoms. The summed E-state index contributed by atoms with van der Waals surface area (Å²) in [5.41, 5.74) is 7.69. The number of hydrogen-bond acceptors (Lipinski definition) is 4. The van der Waals surface area contributed by atoms with Crippen LogP contribution in [0.15, 0.2) is 18.2 Å². The lowest BCUT2D eigenvalue weighted by Crippen LogP contribution is -2.24. The number of carbonyl (C=O) groups is 1. The third kappa shape index (κ3) is 2.43. The summed E-state index contributed by atoms with van der Waals surface area (Å²) in [7, 11) is 0. The number of rotatable bonds is 4. The molecular weight excluding hydrogens is 221 g/mol. The van der Waals surface area contributed by atoms with Crippen LogP contribution in [0.1, 0.15) is 11.7 Å². The van der Waals surface area contributed by atoms with Crippen LogP contribution in [-0.4, -0.2) is 31.1 Å². The van der Waals surface area contributed by atoms with Gasteiger partial charge in [-0.25, -0.2) is 4.79 Å². The number of benzene rings is 1. The summed E-state index contributed by atoms with van der Waals surface area (Å²) in [6, 6.07) is 5.44. The number of nitrogens with two attached hydrogens (primary N) is 1. The number of fused-ring (bicyclic) bond motifs is 1. The molecule has 90 valence electrons. The summed E-state index contributed by atoms with van der Waals surface area (Å²) in [5.74, 6) is -0.450. The second-order valence-corrected chi connectivity index (χ2v) is 3.98. The maximum Gasteiger partial charge on any atom is 0.341 e. The SMILES string of the molecule is CB1O[C@@H](CN)c2ccc(OCC(=O)O)cc21. The van der Waals surface area contributed by atoms with Crippen LogP contribution in [0.4, 0.5) is 0 Å². The molecule has 0 aliphatic carbocycles. The monoisotopic (exact) mass is 235 g/mol. The largest absolute Gasteiger partial charge is 0.482 e. The van der Waals surface area contributed by atoms with Gasteiger partial charge in [-0.2, -0.15) is 0 Å². The minimum absolute atomic E-state index is 0.0353. The zero-order chi connectivity index (χ0) is 12.4. The Morgan fingerprint density at radius 3 is 3.06 bits per heavy atom. The Kier molecular flexibility index (Phi) is 3.35. The van der Waals surface area contributed by atoms with E-state index in [1.807, 2.05) is 19.0 Å². The van der Waals surface area contributed by atoms with Crippen molar-refractivity contribution in [1.29, 1.82) is 0 Å². The first-order valence-corrected chi connectivity index (χ1v) is 5.45. The Morgan fingerprint density at radius 2 is 2.41 bits per heavy atom. The van der Waals surface area contributed by atoms with Gasteiger partial charge in [0.05, 0.1) is 6.10 Å². The number of ether oxygens (including phenoxy) is 1. The standard InChI is InChI=1S/C11H14BNO4/c1-12-9-4-7(16-6-11(14)15)2-3-8(9)10(5-13)17-12/h2-4,10H,5-6,13H2,1H3,(H,14,15)/t10-/m0/s1. The van der Waals surface area contributed by atoms with Gasteiger partial charge >= 0.3 is 12.9 Å². The molecule has 0 aromatic heterocycles. The van der Waals surface area contributed by atoms with Gasteiger partial charge < -0.3 is 20.2 Å². The molecular formula is C11H14BNO4. The molecule has 1 aromatic carbocycles. The first-order chi connectivity index (χ1) is 8.11. The lowest BCUT2D eigenvalue weighted by molar-refractivity contribution is -0.139. The highest BCUT2D eigenvalue weighted by Gasteiger charge is 2.31. The van der Waals surface area contributed by atoms with Crippen LogP contribution in [0.25, 0.3) is 0 Å². The van der Waals surface area contributed by atoms with Gasteiger partial charge in [-0.05, 0) is 23.2 Å². The van der Waals surface area contributed by atoms with E-state index in [4.69, 9.17) is 20.2 Å². The highest BCUT2D eigenvalue weighted by molar-refractivity contribution is 6.67. The second-order valence-electron chi connectivity index (χ2n) is 3.98. The molecule has 0 fully saturated rings. The summed E-state index contributed by atoms with van der Waals surface area (Å²) in [5, 5.41) is 8.53. The molecule has 0 amide bonds. The maximum absolute atomic E-state index is 10.4. The molecule has 0 radical (unpaired) electrons. The highest BCUT2D eigenvalue weighted by atomic mass is 16.5. The zero-order valence-electron chi connectivity index (χ0n) is 9.55. The van der Waals surface area contributed by atoms with Gasteiger partial charge in [0.25, 0.3) is 0 Å². The minimum Gasteiger partial charge on any atom is -0.482 e. The van der Waals surface area contributed by atoms with E-state index in [0.717, 1.165) is 11.0 Å². The third-order valence-electron chi connectivity index (χ3n) is 2.79. The Labute approximate surface area is 99.6 Å². The van der Waals surface area contributed by atoms with E-state index in [-0.39, 0.29) is 19.6 Å². The molecule has 3 N–H and O–H groups in total. The number of carboxylic acids is 1. The van der Waals surface area contributed by atoms with Crippen molar-refractivity contribution in [3.05, 3.63) is 23.8 Å². The van der Waals surface area contributed by atoms with E-state index in [2.05, 4.69) is 0 Å². The number of aliphatic carboxylic acids is 1. The van der Waals surface area contributed by atoms with Crippen molar-refractivity contribution < 1.29 is 19.3 Å². The van der Waals surface area contributed by atoms with Gasteiger partial charge in [-0.3, -0.25) is 0 Å². The number of hydrogen-bond donors (Lipinski definition) is 2. The van der Waals surface area contributed by atoms with Gasteiger partial charge in [0.1, 0.15) is 5.75 Å². The summed E-state index contributed by atoms with van der Waals surface area (Å²) < 4.78 is 10.8. The van der Waals surface area contributed by atoms with Crippen LogP contribution < -0.4 is 15.9 Å². The first-order valence-electron chi connectivity index (χ1n) is 5.45. The lowest BCUT2D eigenvalue weighted by atomic mass is 9.64. The van der Waals surface area contributed by atoms with E-state index in [1.54, 1.807) is 6.07 Å². The van der Waals surface area contributed by atoms with Crippen LogP contribution in [-0.2, 0) is 9.45 Å². The van der Waals surface area contributed by atoms with Gasteiger partial charge in [0, 0.05) is 6.54 Å². The van der Waals surface area contributed by atoms with Crippen LogP contribution in [0, 0.1) is 0 Å². The van der Waals surface area contributed by atoms with Crippen molar-refractivity contribution in [3.8, 4) is 5.75 Å². The van der Waals surface area contributed by atoms with Crippen LogP contribution in [0.2, 0.25) is 6.82 Å². The van der Waals surface area contributed by atoms with E-state index >= 15 is 0 Å². The topological polar surface area (TPSA) is 81.8 Å². The number of carboxylic acid groups (broad SMARTS) is 1. The highest BCUT2D eigenvalue weighted by Crippen LogP contribution is 2.25. The molecule has 6 heteroatoms. The van der Waals surface area contributed by atoms with E-state index in [1.165, 1.54) is 0 Å². The van der Waals surface area contributed by atoms with Gasteiger partial charge in [-0.1, -0.05) is 12.9 Å². The molecule has 1 atom stereocenters. The molecule has 0 saturated heterocycles. The molecule has 17 heavy (non-hydrogen) atoms.